The summed E-state index contributed by atoms with van der Waals surface area (Å²) in [6.45, 7) is 4.57. The van der Waals surface area contributed by atoms with Crippen LogP contribution >= 0.6 is 11.6 Å². The number of benzene rings is 1. The number of pyridine rings is 1. The molecule has 0 spiro atoms. The third-order valence-corrected chi connectivity index (χ3v) is 4.76. The molecule has 0 unspecified atom stereocenters. The Morgan fingerprint density at radius 2 is 1.79 bits per heavy atom. The summed E-state index contributed by atoms with van der Waals surface area (Å²) < 4.78 is 5.36. The molecular formula is C21H19ClN6O. The zero-order valence-electron chi connectivity index (χ0n) is 16.1. The highest BCUT2D eigenvalue weighted by Gasteiger charge is 2.12. The number of aryl methyl sites for hydroxylation is 1. The molecule has 0 amide bonds. The average Bonchev–Trinajstić information content (AvgIpc) is 3.21. The Morgan fingerprint density at radius 3 is 2.55 bits per heavy atom. The topological polar surface area (TPSA) is 89.6 Å². The van der Waals surface area contributed by atoms with Crippen molar-refractivity contribution >= 4 is 17.4 Å². The molecule has 0 fully saturated rings. The maximum atomic E-state index is 5.92. The molecule has 3 aromatic heterocycles. The van der Waals surface area contributed by atoms with Crippen LogP contribution in [0.1, 0.15) is 17.1 Å². The van der Waals surface area contributed by atoms with E-state index in [0.717, 1.165) is 28.2 Å². The van der Waals surface area contributed by atoms with E-state index >= 15 is 0 Å². The minimum Gasteiger partial charge on any atom is -0.369 e. The molecule has 4 aromatic rings. The van der Waals surface area contributed by atoms with Crippen molar-refractivity contribution in [1.29, 1.82) is 0 Å². The van der Waals surface area contributed by atoms with Crippen LogP contribution in [0.25, 0.3) is 22.8 Å². The van der Waals surface area contributed by atoms with Gasteiger partial charge in [-0.2, -0.15) is 4.98 Å². The summed E-state index contributed by atoms with van der Waals surface area (Å²) in [6, 6.07) is 11.1. The van der Waals surface area contributed by atoms with Crippen LogP contribution in [0.5, 0.6) is 0 Å². The van der Waals surface area contributed by atoms with Crippen LogP contribution in [0.15, 0.2) is 53.3 Å². The lowest BCUT2D eigenvalue weighted by molar-refractivity contribution is 0.381. The highest BCUT2D eigenvalue weighted by Crippen LogP contribution is 2.21. The molecule has 8 heteroatoms. The van der Waals surface area contributed by atoms with Crippen LogP contribution in [0, 0.1) is 13.8 Å². The summed E-state index contributed by atoms with van der Waals surface area (Å²) in [5.74, 6) is 2.53. The van der Waals surface area contributed by atoms with E-state index < -0.39 is 0 Å². The lowest BCUT2D eigenvalue weighted by atomic mass is 10.2. The summed E-state index contributed by atoms with van der Waals surface area (Å²) in [4.78, 5) is 17.8. The van der Waals surface area contributed by atoms with Gasteiger partial charge >= 0.3 is 0 Å². The number of aromatic nitrogens is 5. The van der Waals surface area contributed by atoms with E-state index in [0.29, 0.717) is 35.5 Å². The average molecular weight is 407 g/mol. The monoisotopic (exact) mass is 406 g/mol. The Bertz CT molecular complexity index is 1110. The van der Waals surface area contributed by atoms with Gasteiger partial charge in [0.1, 0.15) is 5.82 Å². The fraction of sp³-hybridized carbons (Fsp3) is 0.190. The molecule has 3 heterocycles. The van der Waals surface area contributed by atoms with Crippen LogP contribution < -0.4 is 5.32 Å². The molecule has 29 heavy (non-hydrogen) atoms. The van der Waals surface area contributed by atoms with E-state index in [2.05, 4.69) is 30.4 Å². The van der Waals surface area contributed by atoms with E-state index in [1.54, 1.807) is 24.5 Å². The first kappa shape index (κ1) is 19.0. The first-order valence-corrected chi connectivity index (χ1v) is 9.56. The predicted octanol–water partition coefficient (Wildman–Crippen LogP) is 4.51. The molecule has 0 aliphatic rings. The number of anilines is 1. The van der Waals surface area contributed by atoms with Crippen molar-refractivity contribution in [3.05, 3.63) is 71.0 Å². The van der Waals surface area contributed by atoms with Gasteiger partial charge in [0.25, 0.3) is 0 Å². The van der Waals surface area contributed by atoms with Gasteiger partial charge in [-0.25, -0.2) is 9.97 Å². The quantitative estimate of drug-likeness (QED) is 0.503. The lowest BCUT2D eigenvalue weighted by Crippen LogP contribution is -2.10. The fourth-order valence-corrected chi connectivity index (χ4v) is 2.91. The molecule has 7 nitrogen and oxygen atoms in total. The summed E-state index contributed by atoms with van der Waals surface area (Å²) in [5, 5.41) is 8.06. The van der Waals surface area contributed by atoms with Crippen LogP contribution in [0.2, 0.25) is 5.02 Å². The van der Waals surface area contributed by atoms with Gasteiger partial charge in [-0.15, -0.1) is 0 Å². The molecule has 146 valence electrons. The predicted molar refractivity (Wildman–Crippen MR) is 112 cm³/mol. The molecule has 0 aliphatic carbocycles. The number of halogens is 1. The van der Waals surface area contributed by atoms with E-state index in [4.69, 9.17) is 16.1 Å². The zero-order valence-corrected chi connectivity index (χ0v) is 16.8. The van der Waals surface area contributed by atoms with Crippen molar-refractivity contribution in [2.24, 2.45) is 0 Å². The standard InChI is InChI=1S/C21H19ClN6O/c1-13-14(2)25-20(16-4-3-10-23-12-16)27-19(13)24-11-9-18-26-21(28-29-18)15-5-7-17(22)8-6-15/h3-8,10,12H,9,11H2,1-2H3,(H,24,25,27). The summed E-state index contributed by atoms with van der Waals surface area (Å²) in [7, 11) is 0. The van der Waals surface area contributed by atoms with Gasteiger partial charge in [0.15, 0.2) is 5.82 Å². The second-order valence-corrected chi connectivity index (χ2v) is 6.98. The van der Waals surface area contributed by atoms with Gasteiger partial charge in [0, 0.05) is 52.8 Å². The maximum Gasteiger partial charge on any atom is 0.228 e. The fourth-order valence-electron chi connectivity index (χ4n) is 2.79. The Balaban J connectivity index is 1.44. The van der Waals surface area contributed by atoms with Gasteiger partial charge < -0.3 is 9.84 Å². The molecule has 0 radical (unpaired) electrons. The van der Waals surface area contributed by atoms with Crippen molar-refractivity contribution < 1.29 is 4.52 Å². The molecule has 0 saturated heterocycles. The van der Waals surface area contributed by atoms with Crippen molar-refractivity contribution in [2.75, 3.05) is 11.9 Å². The Labute approximate surface area is 173 Å². The highest BCUT2D eigenvalue weighted by molar-refractivity contribution is 6.30. The van der Waals surface area contributed by atoms with E-state index in [-0.39, 0.29) is 0 Å². The molecule has 0 atom stereocenters. The van der Waals surface area contributed by atoms with Crippen molar-refractivity contribution in [2.45, 2.75) is 20.3 Å². The lowest BCUT2D eigenvalue weighted by Gasteiger charge is -2.11. The van der Waals surface area contributed by atoms with Gasteiger partial charge in [0.2, 0.25) is 11.7 Å². The Morgan fingerprint density at radius 1 is 0.966 bits per heavy atom. The van der Waals surface area contributed by atoms with Crippen LogP contribution in [-0.4, -0.2) is 31.6 Å². The molecule has 1 N–H and O–H groups in total. The molecule has 0 aliphatic heterocycles. The molecule has 0 saturated carbocycles. The number of hydrogen-bond acceptors (Lipinski definition) is 7. The summed E-state index contributed by atoms with van der Waals surface area (Å²) in [6.07, 6.45) is 4.06. The second kappa shape index (κ2) is 8.36. The molecular weight excluding hydrogens is 388 g/mol. The zero-order chi connectivity index (χ0) is 20.2. The molecule has 0 bridgehead atoms. The number of hydrogen-bond donors (Lipinski definition) is 1. The van der Waals surface area contributed by atoms with Crippen LogP contribution in [0.4, 0.5) is 5.82 Å². The smallest absolute Gasteiger partial charge is 0.228 e. The van der Waals surface area contributed by atoms with Crippen LogP contribution in [0.3, 0.4) is 0 Å². The molecule has 4 rings (SSSR count). The number of nitrogens with one attached hydrogen (secondary N) is 1. The Hall–Kier alpha value is -3.32. The van der Waals surface area contributed by atoms with Crippen molar-refractivity contribution in [3.8, 4) is 22.8 Å². The van der Waals surface area contributed by atoms with Gasteiger partial charge in [-0.05, 0) is 50.2 Å². The second-order valence-electron chi connectivity index (χ2n) is 6.54. The normalized spacial score (nSPS) is 10.9. The number of rotatable bonds is 6. The van der Waals surface area contributed by atoms with Gasteiger partial charge in [-0.3, -0.25) is 4.98 Å². The van der Waals surface area contributed by atoms with Gasteiger partial charge in [0.05, 0.1) is 0 Å². The summed E-state index contributed by atoms with van der Waals surface area (Å²) in [5.41, 5.74) is 3.66. The van der Waals surface area contributed by atoms with Crippen molar-refractivity contribution in [1.82, 2.24) is 25.1 Å². The minimum atomic E-state index is 0.546. The summed E-state index contributed by atoms with van der Waals surface area (Å²) >= 11 is 5.92. The van der Waals surface area contributed by atoms with Crippen molar-refractivity contribution in [3.63, 3.8) is 0 Å². The minimum absolute atomic E-state index is 0.546. The van der Waals surface area contributed by atoms with E-state index in [9.17, 15) is 0 Å². The van der Waals surface area contributed by atoms with Crippen LogP contribution in [-0.2, 0) is 6.42 Å². The highest BCUT2D eigenvalue weighted by atomic mass is 35.5. The first-order valence-electron chi connectivity index (χ1n) is 9.18. The first-order chi connectivity index (χ1) is 14.1. The molecule has 1 aromatic carbocycles. The SMILES string of the molecule is Cc1nc(-c2cccnc2)nc(NCCc2nc(-c3ccc(Cl)cc3)no2)c1C. The number of nitrogens with zero attached hydrogens (tertiary/aromatic N) is 5. The Kier molecular flexibility index (Phi) is 5.48. The third-order valence-electron chi connectivity index (χ3n) is 4.51. The van der Waals surface area contributed by atoms with E-state index in [1.165, 1.54) is 0 Å². The third kappa shape index (κ3) is 4.41. The van der Waals surface area contributed by atoms with E-state index in [1.807, 2.05) is 38.1 Å². The maximum absolute atomic E-state index is 5.92. The van der Waals surface area contributed by atoms with Gasteiger partial charge in [-0.1, -0.05) is 16.8 Å². The largest absolute Gasteiger partial charge is 0.369 e.